The lowest BCUT2D eigenvalue weighted by Gasteiger charge is -2.27. The number of carbonyl (C=O) groups is 1. The Kier molecular flexibility index (Phi) is 6.18. The zero-order chi connectivity index (χ0) is 21.3. The number of benzene rings is 1. The number of hydrogen-bond acceptors (Lipinski definition) is 6. The minimum Gasteiger partial charge on any atom is -0.507 e. The van der Waals surface area contributed by atoms with E-state index in [-0.39, 0.29) is 16.7 Å². The maximum absolute atomic E-state index is 12.4. The average Bonchev–Trinajstić information content (AvgIpc) is 2.95. The smallest absolute Gasteiger partial charge is 0.283 e. The minimum atomic E-state index is -0.326. The van der Waals surface area contributed by atoms with Crippen LogP contribution in [0.3, 0.4) is 0 Å². The molecule has 0 bridgehead atoms. The Morgan fingerprint density at radius 2 is 1.75 bits per heavy atom. The number of anilines is 1. The summed E-state index contributed by atoms with van der Waals surface area (Å²) in [5, 5.41) is 15.3. The van der Waals surface area contributed by atoms with Gasteiger partial charge in [-0.2, -0.15) is 5.10 Å². The molecule has 0 unspecified atom stereocenters. The van der Waals surface area contributed by atoms with Crippen LogP contribution in [0.5, 0.6) is 5.75 Å². The van der Waals surface area contributed by atoms with Crippen molar-refractivity contribution >= 4 is 28.6 Å². The van der Waals surface area contributed by atoms with E-state index in [0.29, 0.717) is 27.9 Å². The highest BCUT2D eigenvalue weighted by Gasteiger charge is 2.26. The summed E-state index contributed by atoms with van der Waals surface area (Å²) >= 11 is 1.15. The third-order valence-electron chi connectivity index (χ3n) is 4.38. The fraction of sp³-hybridized carbons (Fsp3) is 0.476. The van der Waals surface area contributed by atoms with Gasteiger partial charge in [-0.05, 0) is 34.9 Å². The zero-order valence-corrected chi connectivity index (χ0v) is 18.5. The molecule has 2 aromatic rings. The zero-order valence-electron chi connectivity index (χ0n) is 17.7. The lowest BCUT2D eigenvalue weighted by Crippen LogP contribution is -2.19. The van der Waals surface area contributed by atoms with Crippen LogP contribution in [-0.4, -0.2) is 22.2 Å². The molecule has 0 spiro atoms. The van der Waals surface area contributed by atoms with Crippen molar-refractivity contribution in [3.05, 3.63) is 39.4 Å². The van der Waals surface area contributed by atoms with Gasteiger partial charge in [-0.1, -0.05) is 59.8 Å². The second-order valence-electron chi connectivity index (χ2n) is 8.85. The molecule has 0 aliphatic carbocycles. The molecule has 4 N–H and O–H groups in total. The van der Waals surface area contributed by atoms with E-state index in [2.05, 4.69) is 57.1 Å². The normalized spacial score (nSPS) is 12.5. The number of nitrogens with two attached hydrogens (primary N) is 1. The van der Waals surface area contributed by atoms with Crippen LogP contribution >= 0.6 is 11.3 Å². The molecule has 0 aliphatic rings. The van der Waals surface area contributed by atoms with E-state index >= 15 is 0 Å². The third-order valence-corrected chi connectivity index (χ3v) is 5.31. The number of hydrazone groups is 1. The van der Waals surface area contributed by atoms with Gasteiger partial charge in [0.15, 0.2) is 5.13 Å². The van der Waals surface area contributed by atoms with Gasteiger partial charge in [-0.15, -0.1) is 0 Å². The first-order chi connectivity index (χ1) is 12.8. The molecule has 0 radical (unpaired) electrons. The van der Waals surface area contributed by atoms with Gasteiger partial charge in [0.2, 0.25) is 0 Å². The first-order valence-corrected chi connectivity index (χ1v) is 10.1. The van der Waals surface area contributed by atoms with Crippen LogP contribution in [0.25, 0.3) is 0 Å². The molecular formula is C21H30N4O2S. The number of carbonyl (C=O) groups excluding carboxylic acids is 1. The number of aryl methyl sites for hydroxylation is 1. The first-order valence-electron chi connectivity index (χ1n) is 9.31. The maximum atomic E-state index is 12.4. The van der Waals surface area contributed by atoms with Gasteiger partial charge in [0, 0.05) is 11.1 Å². The van der Waals surface area contributed by atoms with Crippen molar-refractivity contribution in [2.45, 2.75) is 65.7 Å². The largest absolute Gasteiger partial charge is 0.507 e. The molecule has 1 aromatic carbocycles. The standard InChI is InChI=1S/C21H30N4O2S/c1-8-15-17(28-19(22)24-15)18(27)25-23-11-12-9-13(20(2,3)4)16(26)14(10-12)21(5,6)7/h9-11,26H,8H2,1-7H3,(H2,22,24)(H,25,27)/b23-11-. The molecule has 0 saturated heterocycles. The molecule has 2 rings (SSSR count). The van der Waals surface area contributed by atoms with Gasteiger partial charge in [-0.25, -0.2) is 10.4 Å². The SMILES string of the molecule is CCc1nc(N)sc1C(=O)N/N=C\c1cc(C(C)(C)C)c(O)c(C(C)(C)C)c1. The maximum Gasteiger partial charge on any atom is 0.283 e. The summed E-state index contributed by atoms with van der Waals surface area (Å²) in [6.45, 7) is 14.2. The van der Waals surface area contributed by atoms with Crippen molar-refractivity contribution in [2.75, 3.05) is 5.73 Å². The van der Waals surface area contributed by atoms with E-state index in [0.717, 1.165) is 28.0 Å². The van der Waals surface area contributed by atoms with Gasteiger partial charge in [-0.3, -0.25) is 4.79 Å². The van der Waals surface area contributed by atoms with E-state index in [1.165, 1.54) is 0 Å². The second-order valence-corrected chi connectivity index (χ2v) is 9.88. The Bertz CT molecular complexity index is 867. The molecule has 1 heterocycles. The summed E-state index contributed by atoms with van der Waals surface area (Å²) < 4.78 is 0. The number of nitrogens with one attached hydrogen (secondary N) is 1. The van der Waals surface area contributed by atoms with Crippen LogP contribution in [0.1, 0.15) is 80.5 Å². The summed E-state index contributed by atoms with van der Waals surface area (Å²) in [4.78, 5) is 17.0. The number of thiazole rings is 1. The summed E-state index contributed by atoms with van der Waals surface area (Å²) in [5.74, 6) is -0.0120. The molecular weight excluding hydrogens is 372 g/mol. The quantitative estimate of drug-likeness (QED) is 0.523. The molecule has 7 heteroatoms. The molecule has 6 nitrogen and oxygen atoms in total. The van der Waals surface area contributed by atoms with E-state index < -0.39 is 0 Å². The van der Waals surface area contributed by atoms with Crippen LogP contribution in [0.2, 0.25) is 0 Å². The lowest BCUT2D eigenvalue weighted by atomic mass is 9.78. The van der Waals surface area contributed by atoms with E-state index in [1.54, 1.807) is 6.21 Å². The number of aromatic hydroxyl groups is 1. The van der Waals surface area contributed by atoms with Crippen LogP contribution < -0.4 is 11.2 Å². The predicted octanol–water partition coefficient (Wildman–Crippen LogP) is 4.35. The van der Waals surface area contributed by atoms with Gasteiger partial charge in [0.25, 0.3) is 5.91 Å². The highest BCUT2D eigenvalue weighted by atomic mass is 32.1. The monoisotopic (exact) mass is 402 g/mol. The number of phenolic OH excluding ortho intramolecular Hbond substituents is 1. The number of nitrogens with zero attached hydrogens (tertiary/aromatic N) is 2. The summed E-state index contributed by atoms with van der Waals surface area (Å²) in [6.07, 6.45) is 2.22. The number of nitrogen functional groups attached to an aromatic ring is 1. The van der Waals surface area contributed by atoms with Crippen molar-refractivity contribution in [1.82, 2.24) is 10.4 Å². The number of phenols is 1. The van der Waals surface area contributed by atoms with E-state index in [1.807, 2.05) is 19.1 Å². The average molecular weight is 403 g/mol. The highest BCUT2D eigenvalue weighted by Crippen LogP contribution is 2.39. The number of amides is 1. The Hall–Kier alpha value is -2.41. The molecule has 28 heavy (non-hydrogen) atoms. The fourth-order valence-electron chi connectivity index (χ4n) is 2.88. The Morgan fingerprint density at radius 1 is 1.21 bits per heavy atom. The minimum absolute atomic E-state index is 0.229. The number of rotatable bonds is 4. The predicted molar refractivity (Wildman–Crippen MR) is 116 cm³/mol. The number of aromatic nitrogens is 1. The van der Waals surface area contributed by atoms with Gasteiger partial charge in [0.1, 0.15) is 10.6 Å². The van der Waals surface area contributed by atoms with Gasteiger partial charge in [0.05, 0.1) is 11.9 Å². The van der Waals surface area contributed by atoms with E-state index in [9.17, 15) is 9.90 Å². The first kappa shape index (κ1) is 21.9. The van der Waals surface area contributed by atoms with Crippen molar-refractivity contribution < 1.29 is 9.90 Å². The molecule has 0 atom stereocenters. The van der Waals surface area contributed by atoms with E-state index in [4.69, 9.17) is 5.73 Å². The third kappa shape index (κ3) is 4.90. The second kappa shape index (κ2) is 7.91. The summed E-state index contributed by atoms with van der Waals surface area (Å²) in [7, 11) is 0. The van der Waals surface area contributed by atoms with Crippen molar-refractivity contribution in [3.8, 4) is 5.75 Å². The van der Waals surface area contributed by atoms with Crippen LogP contribution in [-0.2, 0) is 17.3 Å². The van der Waals surface area contributed by atoms with Gasteiger partial charge < -0.3 is 10.8 Å². The van der Waals surface area contributed by atoms with Crippen molar-refractivity contribution in [2.24, 2.45) is 5.10 Å². The van der Waals surface area contributed by atoms with Gasteiger partial charge >= 0.3 is 0 Å². The van der Waals surface area contributed by atoms with Crippen molar-refractivity contribution in [3.63, 3.8) is 0 Å². The molecule has 0 aliphatic heterocycles. The highest BCUT2D eigenvalue weighted by molar-refractivity contribution is 7.17. The topological polar surface area (TPSA) is 101 Å². The Morgan fingerprint density at radius 3 is 2.21 bits per heavy atom. The van der Waals surface area contributed by atoms with Crippen molar-refractivity contribution in [1.29, 1.82) is 0 Å². The van der Waals surface area contributed by atoms with Crippen LogP contribution in [0, 0.1) is 0 Å². The molecule has 152 valence electrons. The molecule has 1 aromatic heterocycles. The Labute approximate surface area is 170 Å². The lowest BCUT2D eigenvalue weighted by molar-refractivity contribution is 0.0958. The summed E-state index contributed by atoms with van der Waals surface area (Å²) in [6, 6.07) is 3.81. The fourth-order valence-corrected chi connectivity index (χ4v) is 3.69. The van der Waals surface area contributed by atoms with Crippen LogP contribution in [0.4, 0.5) is 5.13 Å². The number of hydrogen-bond donors (Lipinski definition) is 3. The summed E-state index contributed by atoms with van der Waals surface area (Å²) in [5.41, 5.74) is 11.0. The molecule has 0 fully saturated rings. The molecule has 0 saturated carbocycles. The molecule has 1 amide bonds. The Balaban J connectivity index is 2.33. The van der Waals surface area contributed by atoms with Crippen LogP contribution in [0.15, 0.2) is 17.2 Å².